The van der Waals surface area contributed by atoms with Gasteiger partial charge in [0.1, 0.15) is 0 Å². The summed E-state index contributed by atoms with van der Waals surface area (Å²) >= 11 is 0. The van der Waals surface area contributed by atoms with Crippen LogP contribution >= 0.6 is 0 Å². The fourth-order valence-electron chi connectivity index (χ4n) is 1.61. The summed E-state index contributed by atoms with van der Waals surface area (Å²) in [6.07, 6.45) is 1.23. The molecule has 6 nitrogen and oxygen atoms in total. The number of Topliss-reactive ketones (excluding diaryl/α,β-unsaturated/α-hetero) is 1. The van der Waals surface area contributed by atoms with Crippen molar-refractivity contribution in [3.8, 4) is 0 Å². The van der Waals surface area contributed by atoms with Gasteiger partial charge in [-0.05, 0) is 18.6 Å². The van der Waals surface area contributed by atoms with E-state index in [0.29, 0.717) is 17.8 Å². The van der Waals surface area contributed by atoms with Crippen LogP contribution in [0.1, 0.15) is 37.0 Å². The van der Waals surface area contributed by atoms with Crippen molar-refractivity contribution in [1.82, 2.24) is 5.32 Å². The van der Waals surface area contributed by atoms with Gasteiger partial charge in [-0.25, -0.2) is 4.79 Å². The lowest BCUT2D eigenvalue weighted by atomic mass is 10.1. The first-order chi connectivity index (χ1) is 10.0. The van der Waals surface area contributed by atoms with Gasteiger partial charge in [0.2, 0.25) is 5.91 Å². The summed E-state index contributed by atoms with van der Waals surface area (Å²) in [7, 11) is 0. The summed E-state index contributed by atoms with van der Waals surface area (Å²) in [4.78, 5) is 34.2. The zero-order valence-corrected chi connectivity index (χ0v) is 12.3. The minimum Gasteiger partial charge on any atom is -0.441 e. The molecular weight excluding hydrogens is 272 g/mol. The molecule has 114 valence electrons. The highest BCUT2D eigenvalue weighted by Gasteiger charge is 2.10. The molecule has 0 radical (unpaired) electrons. The Balaban J connectivity index is 2.48. The van der Waals surface area contributed by atoms with Gasteiger partial charge in [-0.1, -0.05) is 25.5 Å². The second kappa shape index (κ2) is 8.73. The third-order valence-electron chi connectivity index (χ3n) is 2.64. The molecule has 0 saturated carbocycles. The third-order valence-corrected chi connectivity index (χ3v) is 2.64. The first-order valence-electron chi connectivity index (χ1n) is 6.84. The number of carbonyl (C=O) groups excluding carboxylic acids is 3. The van der Waals surface area contributed by atoms with Crippen LogP contribution in [0.2, 0.25) is 0 Å². The van der Waals surface area contributed by atoms with Crippen LogP contribution in [0, 0.1) is 0 Å². The van der Waals surface area contributed by atoms with Crippen molar-refractivity contribution in [1.29, 1.82) is 0 Å². The highest BCUT2D eigenvalue weighted by molar-refractivity contribution is 5.99. The predicted molar refractivity (Wildman–Crippen MR) is 79.3 cm³/mol. The van der Waals surface area contributed by atoms with E-state index < -0.39 is 6.09 Å². The fourth-order valence-corrected chi connectivity index (χ4v) is 1.61. The van der Waals surface area contributed by atoms with E-state index in [2.05, 4.69) is 10.6 Å². The largest absolute Gasteiger partial charge is 0.441 e. The van der Waals surface area contributed by atoms with Gasteiger partial charge >= 0.3 is 6.09 Å². The zero-order chi connectivity index (χ0) is 15.7. The van der Waals surface area contributed by atoms with Crippen LogP contribution in [0.25, 0.3) is 0 Å². The van der Waals surface area contributed by atoms with E-state index in [1.54, 1.807) is 24.3 Å². The Morgan fingerprint density at radius 1 is 1.24 bits per heavy atom. The number of rotatable bonds is 7. The van der Waals surface area contributed by atoms with E-state index in [0.717, 1.165) is 12.8 Å². The monoisotopic (exact) mass is 292 g/mol. The number of hydrogen-bond donors (Lipinski definition) is 2. The minimum atomic E-state index is -0.602. The molecule has 6 heteroatoms. The number of nitrogens with one attached hydrogen (secondary N) is 2. The molecule has 0 aliphatic carbocycles. The molecule has 0 aliphatic rings. The van der Waals surface area contributed by atoms with E-state index in [1.165, 1.54) is 6.92 Å². The Labute approximate surface area is 123 Å². The number of unbranched alkanes of at least 4 members (excludes halogenated alkanes) is 1. The molecule has 0 spiro atoms. The minimum absolute atomic E-state index is 0.217. The van der Waals surface area contributed by atoms with Gasteiger partial charge in [-0.3, -0.25) is 9.59 Å². The van der Waals surface area contributed by atoms with Crippen LogP contribution in [0.3, 0.4) is 0 Å². The molecule has 2 amide bonds. The number of benzene rings is 1. The van der Waals surface area contributed by atoms with Crippen LogP contribution < -0.4 is 10.6 Å². The standard InChI is InChI=1S/C15H20N2O4/c1-3-4-8-16-15(20)21-10-14(19)12-6-5-7-13(9-12)17-11(2)18/h5-7,9H,3-4,8,10H2,1-2H3,(H,16,20)(H,17,18). The topological polar surface area (TPSA) is 84.5 Å². The smallest absolute Gasteiger partial charge is 0.407 e. The van der Waals surface area contributed by atoms with Crippen LogP contribution in [0.4, 0.5) is 10.5 Å². The highest BCUT2D eigenvalue weighted by atomic mass is 16.5. The number of ether oxygens (including phenoxy) is 1. The lowest BCUT2D eigenvalue weighted by molar-refractivity contribution is -0.114. The normalized spacial score (nSPS) is 9.81. The second-order valence-corrected chi connectivity index (χ2v) is 4.54. The molecular formula is C15H20N2O4. The number of anilines is 1. The van der Waals surface area contributed by atoms with E-state index in [4.69, 9.17) is 4.74 Å². The van der Waals surface area contributed by atoms with Gasteiger partial charge < -0.3 is 15.4 Å². The molecule has 2 N–H and O–H groups in total. The molecule has 0 heterocycles. The predicted octanol–water partition coefficient (Wildman–Crippen LogP) is 2.35. The number of ketones is 1. The average molecular weight is 292 g/mol. The van der Waals surface area contributed by atoms with Crippen LogP contribution in [-0.2, 0) is 9.53 Å². The number of hydrogen-bond acceptors (Lipinski definition) is 4. The maximum atomic E-state index is 11.9. The molecule has 1 rings (SSSR count). The molecule has 0 bridgehead atoms. The highest BCUT2D eigenvalue weighted by Crippen LogP contribution is 2.11. The Morgan fingerprint density at radius 3 is 2.67 bits per heavy atom. The Hall–Kier alpha value is -2.37. The van der Waals surface area contributed by atoms with Crippen molar-refractivity contribution in [2.75, 3.05) is 18.5 Å². The summed E-state index contributed by atoms with van der Waals surface area (Å²) in [6, 6.07) is 6.48. The molecule has 1 aromatic carbocycles. The molecule has 0 unspecified atom stereocenters. The summed E-state index contributed by atoms with van der Waals surface area (Å²) in [5.41, 5.74) is 0.906. The molecule has 0 atom stereocenters. The lowest BCUT2D eigenvalue weighted by Gasteiger charge is -2.07. The molecule has 0 saturated heterocycles. The van der Waals surface area contributed by atoms with Crippen LogP contribution in [-0.4, -0.2) is 30.9 Å². The maximum Gasteiger partial charge on any atom is 0.407 e. The van der Waals surface area contributed by atoms with Crippen molar-refractivity contribution >= 4 is 23.5 Å². The molecule has 1 aromatic rings. The first kappa shape index (κ1) is 16.7. The van der Waals surface area contributed by atoms with Crippen molar-refractivity contribution in [3.05, 3.63) is 29.8 Å². The zero-order valence-electron chi connectivity index (χ0n) is 12.3. The van der Waals surface area contributed by atoms with E-state index in [9.17, 15) is 14.4 Å². The Bertz CT molecular complexity index is 514. The number of alkyl carbamates (subject to hydrolysis) is 1. The van der Waals surface area contributed by atoms with Gasteiger partial charge in [0.05, 0.1) is 0 Å². The molecule has 21 heavy (non-hydrogen) atoms. The van der Waals surface area contributed by atoms with Crippen molar-refractivity contribution in [2.24, 2.45) is 0 Å². The Morgan fingerprint density at radius 2 is 2.00 bits per heavy atom. The van der Waals surface area contributed by atoms with Gasteiger partial charge in [0.25, 0.3) is 0 Å². The summed E-state index contributed by atoms with van der Waals surface area (Å²) in [5, 5.41) is 5.15. The molecule has 0 aliphatic heterocycles. The average Bonchev–Trinajstić information content (AvgIpc) is 2.44. The molecule has 0 aromatic heterocycles. The lowest BCUT2D eigenvalue weighted by Crippen LogP contribution is -2.27. The van der Waals surface area contributed by atoms with Gasteiger partial charge in [0.15, 0.2) is 12.4 Å². The first-order valence-corrected chi connectivity index (χ1v) is 6.84. The summed E-state index contributed by atoms with van der Waals surface area (Å²) in [6.45, 7) is 3.60. The number of carbonyl (C=O) groups is 3. The summed E-state index contributed by atoms with van der Waals surface area (Å²) < 4.78 is 4.84. The van der Waals surface area contributed by atoms with Crippen molar-refractivity contribution in [3.63, 3.8) is 0 Å². The molecule has 0 fully saturated rings. The van der Waals surface area contributed by atoms with Gasteiger partial charge in [-0.15, -0.1) is 0 Å². The summed E-state index contributed by atoms with van der Waals surface area (Å²) in [5.74, 6) is -0.543. The van der Waals surface area contributed by atoms with Gasteiger partial charge in [-0.2, -0.15) is 0 Å². The van der Waals surface area contributed by atoms with Crippen molar-refractivity contribution in [2.45, 2.75) is 26.7 Å². The van der Waals surface area contributed by atoms with E-state index >= 15 is 0 Å². The fraction of sp³-hybridized carbons (Fsp3) is 0.400. The maximum absolute atomic E-state index is 11.9. The quantitative estimate of drug-likeness (QED) is 0.597. The van der Waals surface area contributed by atoms with Crippen LogP contribution in [0.5, 0.6) is 0 Å². The SMILES string of the molecule is CCCCNC(=O)OCC(=O)c1cccc(NC(C)=O)c1. The number of amides is 2. The second-order valence-electron chi connectivity index (χ2n) is 4.54. The third kappa shape index (κ3) is 6.56. The van der Waals surface area contributed by atoms with Gasteiger partial charge in [0, 0.05) is 24.7 Å². The van der Waals surface area contributed by atoms with Crippen molar-refractivity contribution < 1.29 is 19.1 Å². The Kier molecular flexibility index (Phi) is 6.94. The van der Waals surface area contributed by atoms with E-state index in [1.807, 2.05) is 6.92 Å². The van der Waals surface area contributed by atoms with E-state index in [-0.39, 0.29) is 18.3 Å². The van der Waals surface area contributed by atoms with Crippen LogP contribution in [0.15, 0.2) is 24.3 Å².